The molecule has 0 saturated carbocycles. The number of alkyl halides is 1. The second-order valence-electron chi connectivity index (χ2n) is 6.16. The van der Waals surface area contributed by atoms with Crippen LogP contribution in [0.25, 0.3) is 0 Å². The van der Waals surface area contributed by atoms with Gasteiger partial charge in [-0.15, -0.1) is 0 Å². The molecule has 3 rings (SSSR count). The largest absolute Gasteiger partial charge is 0.505 e. The second-order valence-corrected chi connectivity index (χ2v) is 7.48. The minimum Gasteiger partial charge on any atom is -0.505 e. The van der Waals surface area contributed by atoms with Crippen LogP contribution in [0, 0.1) is 11.7 Å². The van der Waals surface area contributed by atoms with Gasteiger partial charge < -0.3 is 5.11 Å². The van der Waals surface area contributed by atoms with Crippen molar-refractivity contribution in [3.8, 4) is 5.75 Å². The summed E-state index contributed by atoms with van der Waals surface area (Å²) in [6.45, 7) is 5.42. The zero-order valence-electron chi connectivity index (χ0n) is 13.1. The average Bonchev–Trinajstić information content (AvgIpc) is 2.55. The predicted molar refractivity (Wildman–Crippen MR) is 92.6 cm³/mol. The van der Waals surface area contributed by atoms with Gasteiger partial charge in [-0.1, -0.05) is 40.7 Å². The Balaban J connectivity index is 2.23. The summed E-state index contributed by atoms with van der Waals surface area (Å²) < 4.78 is 12.7. The van der Waals surface area contributed by atoms with Gasteiger partial charge in [0.25, 0.3) is 0 Å². The molecule has 0 radical (unpaired) electrons. The molecule has 0 amide bonds. The molecule has 124 valence electrons. The van der Waals surface area contributed by atoms with Gasteiger partial charge in [0.1, 0.15) is 4.32 Å². The van der Waals surface area contributed by atoms with Gasteiger partial charge in [-0.25, -0.2) is 4.39 Å². The Morgan fingerprint density at radius 3 is 2.75 bits per heavy atom. The number of phenols is 1. The van der Waals surface area contributed by atoms with Crippen LogP contribution in [0.4, 0.5) is 4.39 Å². The highest BCUT2D eigenvalue weighted by molar-refractivity contribution is 9.10. The van der Waals surface area contributed by atoms with Crippen molar-refractivity contribution >= 4 is 27.5 Å². The highest BCUT2D eigenvalue weighted by Crippen LogP contribution is 2.54. The van der Waals surface area contributed by atoms with Gasteiger partial charge in [-0.3, -0.25) is 9.59 Å². The lowest BCUT2D eigenvalue weighted by Crippen LogP contribution is -2.52. The highest BCUT2D eigenvalue weighted by Gasteiger charge is 2.56. The van der Waals surface area contributed by atoms with E-state index in [1.807, 2.05) is 6.08 Å². The molecular weight excluding hydrogens is 375 g/mol. The third-order valence-corrected chi connectivity index (χ3v) is 6.22. The summed E-state index contributed by atoms with van der Waals surface area (Å²) in [6, 6.07) is 4.02. The number of phenolic OH excluding ortho intramolecular Hbond substituents is 1. The molecule has 2 aliphatic carbocycles. The van der Waals surface area contributed by atoms with Crippen molar-refractivity contribution in [2.75, 3.05) is 0 Å². The van der Waals surface area contributed by atoms with Crippen LogP contribution >= 0.6 is 15.9 Å². The maximum Gasteiger partial charge on any atom is 0.174 e. The van der Waals surface area contributed by atoms with Gasteiger partial charge in [0.15, 0.2) is 23.1 Å². The number of carbonyl (C=O) groups is 2. The molecule has 1 N–H and O–H groups in total. The van der Waals surface area contributed by atoms with Crippen molar-refractivity contribution in [2.45, 2.75) is 23.6 Å². The van der Waals surface area contributed by atoms with Crippen molar-refractivity contribution in [2.24, 2.45) is 5.92 Å². The van der Waals surface area contributed by atoms with Crippen LogP contribution < -0.4 is 0 Å². The maximum absolute atomic E-state index is 13.9. The van der Waals surface area contributed by atoms with Gasteiger partial charge in [-0.05, 0) is 48.3 Å². The van der Waals surface area contributed by atoms with Crippen LogP contribution in [-0.2, 0) is 9.59 Å². The molecule has 0 unspecified atom stereocenters. The molecule has 2 aliphatic rings. The zero-order valence-corrected chi connectivity index (χ0v) is 14.6. The van der Waals surface area contributed by atoms with Crippen molar-refractivity contribution in [1.82, 2.24) is 0 Å². The lowest BCUT2D eigenvalue weighted by atomic mass is 9.63. The molecule has 0 heterocycles. The number of fused-ring (bicyclic) bond motifs is 1. The van der Waals surface area contributed by atoms with Crippen molar-refractivity contribution in [1.29, 1.82) is 0 Å². The first-order valence-corrected chi connectivity index (χ1v) is 8.36. The molecule has 24 heavy (non-hydrogen) atoms. The summed E-state index contributed by atoms with van der Waals surface area (Å²) in [6.07, 6.45) is 5.26. The summed E-state index contributed by atoms with van der Waals surface area (Å²) in [7, 11) is 0. The Morgan fingerprint density at radius 1 is 1.42 bits per heavy atom. The van der Waals surface area contributed by atoms with Crippen molar-refractivity contribution < 1.29 is 19.1 Å². The van der Waals surface area contributed by atoms with E-state index in [-0.39, 0.29) is 11.6 Å². The summed E-state index contributed by atoms with van der Waals surface area (Å²) in [4.78, 5) is 25.4. The fourth-order valence-corrected chi connectivity index (χ4v) is 4.63. The van der Waals surface area contributed by atoms with Crippen LogP contribution in [-0.4, -0.2) is 21.0 Å². The molecule has 3 nitrogen and oxygen atoms in total. The van der Waals surface area contributed by atoms with Gasteiger partial charge in [0, 0.05) is 11.8 Å². The van der Waals surface area contributed by atoms with Crippen LogP contribution in [0.2, 0.25) is 0 Å². The Morgan fingerprint density at radius 2 is 2.12 bits per heavy atom. The van der Waals surface area contributed by atoms with E-state index in [0.717, 1.165) is 5.57 Å². The van der Waals surface area contributed by atoms with Gasteiger partial charge in [0.05, 0.1) is 0 Å². The number of halogens is 2. The lowest BCUT2D eigenvalue weighted by molar-refractivity contribution is -0.128. The summed E-state index contributed by atoms with van der Waals surface area (Å²) >= 11 is 3.55. The molecule has 0 bridgehead atoms. The summed E-state index contributed by atoms with van der Waals surface area (Å²) in [5.41, 5.74) is 1.70. The number of carbonyl (C=O) groups excluding carboxylic acids is 2. The number of aromatic hydroxyl groups is 1. The molecule has 1 aromatic carbocycles. The van der Waals surface area contributed by atoms with E-state index in [4.69, 9.17) is 0 Å². The normalized spacial score (nSPS) is 29.6. The second kappa shape index (κ2) is 5.81. The van der Waals surface area contributed by atoms with E-state index in [1.165, 1.54) is 18.2 Å². The van der Waals surface area contributed by atoms with Crippen molar-refractivity contribution in [3.63, 3.8) is 0 Å². The topological polar surface area (TPSA) is 54.4 Å². The number of rotatable bonds is 2. The van der Waals surface area contributed by atoms with E-state index in [2.05, 4.69) is 22.5 Å². The van der Waals surface area contributed by atoms with Crippen LogP contribution in [0.1, 0.15) is 24.8 Å². The van der Waals surface area contributed by atoms with Gasteiger partial charge >= 0.3 is 0 Å². The third kappa shape index (κ3) is 2.30. The van der Waals surface area contributed by atoms with Crippen molar-refractivity contribution in [3.05, 3.63) is 65.5 Å². The number of allylic oxidation sites excluding steroid dienone is 5. The molecule has 5 heteroatoms. The molecule has 0 saturated heterocycles. The minimum atomic E-state index is -1.18. The first kappa shape index (κ1) is 16.8. The Kier molecular flexibility index (Phi) is 4.08. The first-order valence-electron chi connectivity index (χ1n) is 7.57. The zero-order chi connectivity index (χ0) is 17.6. The monoisotopic (exact) mass is 390 g/mol. The first-order chi connectivity index (χ1) is 11.3. The maximum atomic E-state index is 13.9. The minimum absolute atomic E-state index is 0.0879. The molecule has 0 aromatic heterocycles. The average molecular weight is 391 g/mol. The molecule has 0 fully saturated rings. The number of hydrogen-bond donors (Lipinski definition) is 1. The van der Waals surface area contributed by atoms with Crippen LogP contribution in [0.5, 0.6) is 5.75 Å². The van der Waals surface area contributed by atoms with E-state index < -0.39 is 27.7 Å². The fraction of sp³-hybridized carbons (Fsp3) is 0.263. The van der Waals surface area contributed by atoms with Gasteiger partial charge in [-0.2, -0.15) is 0 Å². The SMILES string of the molecule is C=CC1=CC[C@H]2C(=O)C(C)=CC(=O)[C@@]2(Br)[C@H]1c1ccc(O)c(F)c1. The predicted octanol–water partition coefficient (Wildman–Crippen LogP) is 3.98. The Labute approximate surface area is 147 Å². The van der Waals surface area contributed by atoms with E-state index >= 15 is 0 Å². The van der Waals surface area contributed by atoms with Crippen LogP contribution in [0.15, 0.2) is 54.2 Å². The smallest absolute Gasteiger partial charge is 0.174 e. The fourth-order valence-electron chi connectivity index (χ4n) is 3.59. The van der Waals surface area contributed by atoms with E-state index in [1.54, 1.807) is 19.1 Å². The molecule has 0 aliphatic heterocycles. The standard InChI is InChI=1S/C19H16BrFO3/c1-3-11-4-6-13-18(24)10(2)8-16(23)19(13,20)17(11)12-5-7-15(22)14(21)9-12/h3-5,7-9,13,17,22H,1,6H2,2H3/t13-,17+,19+/m0/s1. The lowest BCUT2D eigenvalue weighted by Gasteiger charge is -2.45. The molecule has 1 aromatic rings. The molecule has 0 spiro atoms. The Hall–Kier alpha value is -2.01. The number of Topliss-reactive ketones (excluding diaryl/α,β-unsaturated/α-hetero) is 1. The summed E-state index contributed by atoms with van der Waals surface area (Å²) in [5, 5.41) is 9.44. The number of ketones is 2. The highest BCUT2D eigenvalue weighted by atomic mass is 79.9. The van der Waals surface area contributed by atoms with Gasteiger partial charge in [0.2, 0.25) is 0 Å². The third-order valence-electron chi connectivity index (χ3n) is 4.82. The quantitative estimate of drug-likeness (QED) is 0.776. The number of hydrogen-bond acceptors (Lipinski definition) is 3. The van der Waals surface area contributed by atoms with E-state index in [9.17, 15) is 19.1 Å². The van der Waals surface area contributed by atoms with E-state index in [0.29, 0.717) is 17.6 Å². The molecular formula is C19H16BrFO3. The Bertz CT molecular complexity index is 824. The summed E-state index contributed by atoms with van der Waals surface area (Å²) in [5.74, 6) is -2.65. The van der Waals surface area contributed by atoms with Crippen LogP contribution in [0.3, 0.4) is 0 Å². The number of benzene rings is 1. The molecule has 3 atom stereocenters.